The third kappa shape index (κ3) is 4.30. The normalized spacial score (nSPS) is 12.4. The summed E-state index contributed by atoms with van der Waals surface area (Å²) in [6.45, 7) is 5.63. The number of benzene rings is 1. The molecule has 0 N–H and O–H groups in total. The van der Waals surface area contributed by atoms with E-state index in [1.807, 2.05) is 75.6 Å². The number of carbonyl (C=O) groups excluding carboxylic acids is 1. The quantitative estimate of drug-likeness (QED) is 0.636. The Morgan fingerprint density at radius 3 is 2.27 bits per heavy atom. The van der Waals surface area contributed by atoms with Crippen LogP contribution < -0.4 is 9.47 Å². The summed E-state index contributed by atoms with van der Waals surface area (Å²) in [6, 6.07) is 14.9. The summed E-state index contributed by atoms with van der Waals surface area (Å²) in [5.41, 5.74) is -0.541. The van der Waals surface area contributed by atoms with Crippen molar-refractivity contribution in [3.63, 3.8) is 0 Å². The van der Waals surface area contributed by atoms with Crippen LogP contribution in [0, 0.1) is 5.41 Å². The first-order valence-electron chi connectivity index (χ1n) is 8.45. The van der Waals surface area contributed by atoms with Crippen molar-refractivity contribution in [1.82, 2.24) is 9.55 Å². The minimum absolute atomic E-state index is 0.0249. The van der Waals surface area contributed by atoms with Crippen molar-refractivity contribution < 1.29 is 14.3 Å². The molecular formula is C21H22N2O3. The van der Waals surface area contributed by atoms with Crippen molar-refractivity contribution >= 4 is 5.78 Å². The van der Waals surface area contributed by atoms with Crippen LogP contribution in [0.4, 0.5) is 0 Å². The van der Waals surface area contributed by atoms with Gasteiger partial charge in [-0.1, -0.05) is 39.0 Å². The summed E-state index contributed by atoms with van der Waals surface area (Å²) < 4.78 is 13.5. The highest BCUT2D eigenvalue weighted by Gasteiger charge is 2.32. The SMILES string of the molecule is CC(C)(C)C(=O)C(Oc1cncc(Oc2ccccc2)c1)n1cccc1. The van der Waals surface area contributed by atoms with Crippen LogP contribution in [0.1, 0.15) is 27.0 Å². The molecule has 0 fully saturated rings. The first-order chi connectivity index (χ1) is 12.4. The van der Waals surface area contributed by atoms with Crippen molar-refractivity contribution in [2.45, 2.75) is 27.0 Å². The van der Waals surface area contributed by atoms with E-state index in [0.717, 1.165) is 0 Å². The van der Waals surface area contributed by atoms with Gasteiger partial charge in [0.1, 0.15) is 17.2 Å². The lowest BCUT2D eigenvalue weighted by Gasteiger charge is -2.26. The highest BCUT2D eigenvalue weighted by molar-refractivity contribution is 5.86. The number of aromatic nitrogens is 2. The molecule has 0 aliphatic heterocycles. The van der Waals surface area contributed by atoms with Crippen LogP contribution in [0.3, 0.4) is 0 Å². The van der Waals surface area contributed by atoms with Gasteiger partial charge in [-0.15, -0.1) is 0 Å². The molecule has 134 valence electrons. The predicted molar refractivity (Wildman–Crippen MR) is 99.3 cm³/mol. The van der Waals surface area contributed by atoms with E-state index >= 15 is 0 Å². The molecule has 0 spiro atoms. The lowest BCUT2D eigenvalue weighted by Crippen LogP contribution is -2.33. The van der Waals surface area contributed by atoms with Crippen LogP contribution in [0.2, 0.25) is 0 Å². The number of carbonyl (C=O) groups is 1. The lowest BCUT2D eigenvalue weighted by molar-refractivity contribution is -0.137. The van der Waals surface area contributed by atoms with E-state index in [4.69, 9.17) is 9.47 Å². The molecule has 1 atom stereocenters. The van der Waals surface area contributed by atoms with Crippen LogP contribution in [0.25, 0.3) is 0 Å². The van der Waals surface area contributed by atoms with Crippen LogP contribution in [-0.2, 0) is 4.79 Å². The van der Waals surface area contributed by atoms with E-state index in [-0.39, 0.29) is 5.78 Å². The average Bonchev–Trinajstić information content (AvgIpc) is 3.14. The fourth-order valence-corrected chi connectivity index (χ4v) is 2.40. The molecule has 26 heavy (non-hydrogen) atoms. The number of nitrogens with zero attached hydrogens (tertiary/aromatic N) is 2. The molecular weight excluding hydrogens is 328 g/mol. The zero-order chi connectivity index (χ0) is 18.6. The second-order valence-electron chi connectivity index (χ2n) is 6.99. The molecule has 3 aromatic rings. The Balaban J connectivity index is 1.83. The van der Waals surface area contributed by atoms with Gasteiger partial charge in [-0.2, -0.15) is 0 Å². The molecule has 5 nitrogen and oxygen atoms in total. The van der Waals surface area contributed by atoms with Crippen LogP contribution in [0.15, 0.2) is 73.3 Å². The number of hydrogen-bond acceptors (Lipinski definition) is 4. The van der Waals surface area contributed by atoms with Crippen molar-refractivity contribution in [2.24, 2.45) is 5.41 Å². The number of hydrogen-bond donors (Lipinski definition) is 0. The van der Waals surface area contributed by atoms with Gasteiger partial charge < -0.3 is 14.0 Å². The predicted octanol–water partition coefficient (Wildman–Crippen LogP) is 4.87. The molecule has 1 aromatic carbocycles. The molecule has 0 aliphatic carbocycles. The highest BCUT2D eigenvalue weighted by Crippen LogP contribution is 2.29. The van der Waals surface area contributed by atoms with Gasteiger partial charge in [0.25, 0.3) is 0 Å². The monoisotopic (exact) mass is 350 g/mol. The van der Waals surface area contributed by atoms with E-state index in [2.05, 4.69) is 4.98 Å². The summed E-state index contributed by atoms with van der Waals surface area (Å²) >= 11 is 0. The Morgan fingerprint density at radius 1 is 0.962 bits per heavy atom. The average molecular weight is 350 g/mol. The van der Waals surface area contributed by atoms with Gasteiger partial charge in [0.05, 0.1) is 12.4 Å². The fraction of sp³-hybridized carbons (Fsp3) is 0.238. The summed E-state index contributed by atoms with van der Waals surface area (Å²) in [6.07, 6.45) is 6.04. The van der Waals surface area contributed by atoms with Gasteiger partial charge in [-0.3, -0.25) is 9.78 Å². The number of Topliss-reactive ketones (excluding diaryl/α,β-unsaturated/α-hetero) is 1. The van der Waals surface area contributed by atoms with E-state index < -0.39 is 11.6 Å². The Bertz CT molecular complexity index is 852. The van der Waals surface area contributed by atoms with Crippen LogP contribution in [-0.4, -0.2) is 15.3 Å². The molecule has 3 rings (SSSR count). The largest absolute Gasteiger partial charge is 0.461 e. The molecule has 2 aromatic heterocycles. The minimum atomic E-state index is -0.765. The van der Waals surface area contributed by atoms with E-state index in [1.54, 1.807) is 23.0 Å². The maximum atomic E-state index is 12.8. The van der Waals surface area contributed by atoms with Crippen molar-refractivity contribution in [3.8, 4) is 17.2 Å². The molecule has 1 unspecified atom stereocenters. The van der Waals surface area contributed by atoms with Gasteiger partial charge in [0.15, 0.2) is 5.78 Å². The molecule has 0 saturated heterocycles. The number of pyridine rings is 1. The van der Waals surface area contributed by atoms with Gasteiger partial charge in [-0.05, 0) is 24.3 Å². The van der Waals surface area contributed by atoms with Crippen LogP contribution in [0.5, 0.6) is 17.2 Å². The van der Waals surface area contributed by atoms with Crippen LogP contribution >= 0.6 is 0 Å². The third-order valence-electron chi connectivity index (χ3n) is 3.78. The first-order valence-corrected chi connectivity index (χ1v) is 8.45. The Hall–Kier alpha value is -3.08. The summed E-state index contributed by atoms with van der Waals surface area (Å²) in [4.78, 5) is 17.0. The van der Waals surface area contributed by atoms with Gasteiger partial charge >= 0.3 is 0 Å². The second kappa shape index (κ2) is 7.44. The highest BCUT2D eigenvalue weighted by atomic mass is 16.5. The van der Waals surface area contributed by atoms with Gasteiger partial charge in [0.2, 0.25) is 6.23 Å². The lowest BCUT2D eigenvalue weighted by atomic mass is 9.89. The van der Waals surface area contributed by atoms with Gasteiger partial charge in [0, 0.05) is 23.9 Å². The number of para-hydroxylation sites is 1. The van der Waals surface area contributed by atoms with E-state index in [0.29, 0.717) is 17.2 Å². The van der Waals surface area contributed by atoms with E-state index in [9.17, 15) is 4.79 Å². The summed E-state index contributed by atoms with van der Waals surface area (Å²) in [5.74, 6) is 1.69. The fourth-order valence-electron chi connectivity index (χ4n) is 2.40. The molecule has 0 radical (unpaired) electrons. The molecule has 0 saturated carbocycles. The maximum absolute atomic E-state index is 12.8. The first kappa shape index (κ1) is 17.7. The van der Waals surface area contributed by atoms with Crippen molar-refractivity contribution in [1.29, 1.82) is 0 Å². The number of rotatable bonds is 6. The Kier molecular flexibility index (Phi) is 5.07. The molecule has 2 heterocycles. The molecule has 0 aliphatic rings. The van der Waals surface area contributed by atoms with Gasteiger partial charge in [-0.25, -0.2) is 0 Å². The molecule has 5 heteroatoms. The molecule has 0 bridgehead atoms. The zero-order valence-electron chi connectivity index (χ0n) is 15.1. The second-order valence-corrected chi connectivity index (χ2v) is 6.99. The maximum Gasteiger partial charge on any atom is 0.235 e. The zero-order valence-corrected chi connectivity index (χ0v) is 15.1. The third-order valence-corrected chi connectivity index (χ3v) is 3.78. The number of ether oxygens (including phenoxy) is 2. The summed E-state index contributed by atoms with van der Waals surface area (Å²) in [7, 11) is 0. The minimum Gasteiger partial charge on any atom is -0.461 e. The Morgan fingerprint density at radius 2 is 1.62 bits per heavy atom. The standard InChI is InChI=1S/C21H22N2O3/c1-21(2,3)19(24)20(23-11-7-8-12-23)26-18-13-17(14-22-15-18)25-16-9-5-4-6-10-16/h4-15,20H,1-3H3. The smallest absolute Gasteiger partial charge is 0.235 e. The molecule has 0 amide bonds. The van der Waals surface area contributed by atoms with E-state index in [1.165, 1.54) is 0 Å². The van der Waals surface area contributed by atoms with Crippen molar-refractivity contribution in [2.75, 3.05) is 0 Å². The topological polar surface area (TPSA) is 53.4 Å². The summed E-state index contributed by atoms with van der Waals surface area (Å²) in [5, 5.41) is 0. The van der Waals surface area contributed by atoms with Crippen molar-refractivity contribution in [3.05, 3.63) is 73.3 Å². The Labute approximate surface area is 153 Å². The number of ketones is 1.